The summed E-state index contributed by atoms with van der Waals surface area (Å²) in [6.45, 7) is 1.97. The second-order valence-electron chi connectivity index (χ2n) is 7.28. The van der Waals surface area contributed by atoms with Crippen molar-refractivity contribution >= 4 is 34.2 Å². The van der Waals surface area contributed by atoms with Gasteiger partial charge in [-0.3, -0.25) is 9.35 Å². The lowest BCUT2D eigenvalue weighted by Gasteiger charge is -2.23. The van der Waals surface area contributed by atoms with E-state index in [0.29, 0.717) is 22.6 Å². The highest BCUT2D eigenvalue weighted by Crippen LogP contribution is 2.33. The predicted molar refractivity (Wildman–Crippen MR) is 130 cm³/mol. The van der Waals surface area contributed by atoms with E-state index in [1.54, 1.807) is 30.3 Å². The Morgan fingerprint density at radius 2 is 1.47 bits per heavy atom. The van der Waals surface area contributed by atoms with Gasteiger partial charge in [0, 0.05) is 5.69 Å². The van der Waals surface area contributed by atoms with Gasteiger partial charge in [-0.05, 0) is 54.4 Å². The van der Waals surface area contributed by atoms with Crippen LogP contribution in [0.25, 0.3) is 11.1 Å². The van der Waals surface area contributed by atoms with Crippen LogP contribution in [-0.4, -0.2) is 14.7 Å². The van der Waals surface area contributed by atoms with E-state index in [9.17, 15) is 13.6 Å². The summed E-state index contributed by atoms with van der Waals surface area (Å²) in [4.78, 5) is 13.0. The fraction of sp³-hybridized carbons (Fsp3) is 0.0385. The molecule has 5 nitrogen and oxygen atoms in total. The molecular formula is C26H22N2O3S. The van der Waals surface area contributed by atoms with Crippen LogP contribution >= 0.6 is 0 Å². The first-order valence-electron chi connectivity index (χ1n) is 10.1. The summed E-state index contributed by atoms with van der Waals surface area (Å²) < 4.78 is 23.8. The van der Waals surface area contributed by atoms with E-state index in [1.807, 2.05) is 79.7 Å². The molecule has 4 aromatic rings. The van der Waals surface area contributed by atoms with Crippen molar-refractivity contribution in [3.05, 3.63) is 114 Å². The molecule has 32 heavy (non-hydrogen) atoms. The average molecular weight is 443 g/mol. The molecule has 0 saturated carbocycles. The zero-order chi connectivity index (χ0) is 22.5. The summed E-state index contributed by atoms with van der Waals surface area (Å²) >= 11 is -2.39. The monoisotopic (exact) mass is 442 g/mol. The van der Waals surface area contributed by atoms with Crippen LogP contribution in [0.15, 0.2) is 103 Å². The highest BCUT2D eigenvalue weighted by molar-refractivity contribution is 7.81. The number of nitrogens with one attached hydrogen (secondary N) is 1. The second-order valence-corrected chi connectivity index (χ2v) is 8.11. The fourth-order valence-electron chi connectivity index (χ4n) is 3.43. The van der Waals surface area contributed by atoms with Crippen LogP contribution in [0.5, 0.6) is 0 Å². The molecule has 0 saturated heterocycles. The molecule has 6 heteroatoms. The summed E-state index contributed by atoms with van der Waals surface area (Å²) in [7, 11) is 0. The number of carbonyl (C=O) groups is 1. The Balaban J connectivity index is 1.72. The average Bonchev–Trinajstić information content (AvgIpc) is 2.81. The third kappa shape index (κ3) is 4.77. The quantitative estimate of drug-likeness (QED) is 0.350. The molecule has 160 valence electrons. The first-order valence-corrected chi connectivity index (χ1v) is 11.1. The minimum Gasteiger partial charge on any atom is -0.322 e. The minimum absolute atomic E-state index is 0.292. The lowest BCUT2D eigenvalue weighted by atomic mass is 10.0. The zero-order valence-electron chi connectivity index (χ0n) is 17.4. The Morgan fingerprint density at radius 1 is 0.812 bits per heavy atom. The fourth-order valence-corrected chi connectivity index (χ4v) is 4.06. The van der Waals surface area contributed by atoms with Crippen LogP contribution in [-0.2, 0) is 11.3 Å². The van der Waals surface area contributed by atoms with Gasteiger partial charge in [-0.25, -0.2) is 8.51 Å². The topological polar surface area (TPSA) is 69.6 Å². The molecule has 0 radical (unpaired) electrons. The van der Waals surface area contributed by atoms with Gasteiger partial charge in [0.05, 0.1) is 16.9 Å². The summed E-state index contributed by atoms with van der Waals surface area (Å²) in [5.41, 5.74) is 4.76. The number of benzene rings is 4. The number of rotatable bonds is 6. The number of anilines is 3. The van der Waals surface area contributed by atoms with Gasteiger partial charge in [0.2, 0.25) is 0 Å². The minimum atomic E-state index is -2.39. The van der Waals surface area contributed by atoms with Crippen molar-refractivity contribution in [3.8, 4) is 11.1 Å². The molecule has 1 atom stereocenters. The van der Waals surface area contributed by atoms with Crippen molar-refractivity contribution in [2.24, 2.45) is 0 Å². The van der Waals surface area contributed by atoms with Gasteiger partial charge in [-0.2, -0.15) is 0 Å². The number of hydrogen-bond donors (Lipinski definition) is 2. The maximum atomic E-state index is 13.0. The molecule has 4 aromatic carbocycles. The van der Waals surface area contributed by atoms with Gasteiger partial charge in [0.25, 0.3) is 17.2 Å². The van der Waals surface area contributed by atoms with Crippen LogP contribution in [0.3, 0.4) is 0 Å². The number of carbonyl (C=O) groups excluding carboxylic acids is 1. The molecule has 4 rings (SSSR count). The first kappa shape index (κ1) is 21.5. The van der Waals surface area contributed by atoms with Crippen molar-refractivity contribution in [2.75, 3.05) is 9.62 Å². The lowest BCUT2D eigenvalue weighted by molar-refractivity contribution is 0.102. The van der Waals surface area contributed by atoms with E-state index in [2.05, 4.69) is 5.32 Å². The molecule has 0 spiro atoms. The third-order valence-electron chi connectivity index (χ3n) is 5.02. The van der Waals surface area contributed by atoms with E-state index in [4.69, 9.17) is 0 Å². The van der Waals surface area contributed by atoms with E-state index >= 15 is 0 Å². The molecule has 0 aliphatic carbocycles. The standard InChI is InChI=1S/C26H22N2O3S/c1-19-14-16-22(17-15-19)27-26(29)24-12-5-6-13-25(24)28(32(30)31)23-11-7-10-21(18-23)20-8-3-2-4-9-20/h2-18H,1H3,(H,27,29)(H,30,31). The smallest absolute Gasteiger partial charge is 0.266 e. The number of para-hydroxylation sites is 1. The highest BCUT2D eigenvalue weighted by atomic mass is 32.2. The van der Waals surface area contributed by atoms with Crippen molar-refractivity contribution < 1.29 is 13.6 Å². The summed E-state index contributed by atoms with van der Waals surface area (Å²) in [5.74, 6) is -0.362. The van der Waals surface area contributed by atoms with Gasteiger partial charge in [0.15, 0.2) is 0 Å². The maximum absolute atomic E-state index is 13.0. The molecule has 0 fully saturated rings. The summed E-state index contributed by atoms with van der Waals surface area (Å²) in [6, 6.07) is 31.3. The van der Waals surface area contributed by atoms with Crippen molar-refractivity contribution in [1.29, 1.82) is 0 Å². The maximum Gasteiger partial charge on any atom is 0.266 e. The van der Waals surface area contributed by atoms with Crippen molar-refractivity contribution in [1.82, 2.24) is 0 Å². The molecule has 0 heterocycles. The van der Waals surface area contributed by atoms with E-state index < -0.39 is 11.3 Å². The Labute approximate surface area is 189 Å². The van der Waals surface area contributed by atoms with Crippen LogP contribution < -0.4 is 9.62 Å². The molecular weight excluding hydrogens is 420 g/mol. The SMILES string of the molecule is Cc1ccc(NC(=O)c2ccccc2N(c2cccc(-c3ccccc3)c2)S(=O)O)cc1. The Bertz CT molecular complexity index is 1260. The van der Waals surface area contributed by atoms with Gasteiger partial charge in [0.1, 0.15) is 0 Å². The number of hydrogen-bond acceptors (Lipinski definition) is 2. The third-order valence-corrected chi connectivity index (χ3v) is 5.74. The Hall–Kier alpha value is -3.74. The molecule has 0 bridgehead atoms. The van der Waals surface area contributed by atoms with E-state index in [1.165, 1.54) is 4.31 Å². The number of amides is 1. The Morgan fingerprint density at radius 3 is 2.19 bits per heavy atom. The lowest BCUT2D eigenvalue weighted by Crippen LogP contribution is -2.23. The van der Waals surface area contributed by atoms with Crippen molar-refractivity contribution in [2.45, 2.75) is 6.92 Å². The number of nitrogens with zero attached hydrogens (tertiary/aromatic N) is 1. The van der Waals surface area contributed by atoms with Crippen LogP contribution in [0.2, 0.25) is 0 Å². The summed E-state index contributed by atoms with van der Waals surface area (Å²) in [6.07, 6.45) is 0. The zero-order valence-corrected chi connectivity index (χ0v) is 18.3. The van der Waals surface area contributed by atoms with Gasteiger partial charge < -0.3 is 5.32 Å². The predicted octanol–water partition coefficient (Wildman–Crippen LogP) is 6.19. The molecule has 2 N–H and O–H groups in total. The second kappa shape index (κ2) is 9.60. The molecule has 1 unspecified atom stereocenters. The van der Waals surface area contributed by atoms with Gasteiger partial charge >= 0.3 is 0 Å². The molecule has 0 aliphatic heterocycles. The van der Waals surface area contributed by atoms with Crippen LogP contribution in [0.1, 0.15) is 15.9 Å². The van der Waals surface area contributed by atoms with E-state index in [0.717, 1.165) is 16.7 Å². The van der Waals surface area contributed by atoms with Crippen LogP contribution in [0.4, 0.5) is 17.1 Å². The van der Waals surface area contributed by atoms with Crippen LogP contribution in [0, 0.1) is 6.92 Å². The molecule has 0 aromatic heterocycles. The first-order chi connectivity index (χ1) is 15.5. The van der Waals surface area contributed by atoms with Gasteiger partial charge in [-0.1, -0.05) is 72.3 Å². The van der Waals surface area contributed by atoms with E-state index in [-0.39, 0.29) is 5.91 Å². The highest BCUT2D eigenvalue weighted by Gasteiger charge is 2.22. The summed E-state index contributed by atoms with van der Waals surface area (Å²) in [5, 5.41) is 2.86. The molecule has 1 amide bonds. The normalized spacial score (nSPS) is 11.6. The number of aryl methyl sites for hydroxylation is 1. The Kier molecular flexibility index (Phi) is 6.44. The molecule has 0 aliphatic rings. The largest absolute Gasteiger partial charge is 0.322 e. The van der Waals surface area contributed by atoms with Crippen molar-refractivity contribution in [3.63, 3.8) is 0 Å². The van der Waals surface area contributed by atoms with Gasteiger partial charge in [-0.15, -0.1) is 0 Å².